The monoisotopic (exact) mass is 316 g/mol. The molecule has 0 amide bonds. The highest BCUT2D eigenvalue weighted by atomic mass is 16.4. The maximum absolute atomic E-state index is 11.7. The average molecular weight is 316 g/mol. The highest BCUT2D eigenvalue weighted by Crippen LogP contribution is 2.36. The molecule has 3 heterocycles. The fourth-order valence-electron chi connectivity index (χ4n) is 2.96. The molecule has 4 rings (SSSR count). The molecular formula is C15H20N6O2. The van der Waals surface area contributed by atoms with E-state index < -0.39 is 0 Å². The Hall–Kier alpha value is -2.38. The lowest BCUT2D eigenvalue weighted by molar-refractivity contribution is 0.334. The zero-order valence-electron chi connectivity index (χ0n) is 13.2. The first-order valence-electron chi connectivity index (χ1n) is 8.07. The molecule has 1 saturated heterocycles. The SMILES string of the molecule is Cn1ncc(N2CCN(c3nnc(C4CCC4)o3)CC2)cc1=O. The van der Waals surface area contributed by atoms with Crippen molar-refractivity contribution in [2.45, 2.75) is 25.2 Å². The number of aromatic nitrogens is 4. The Kier molecular flexibility index (Phi) is 3.51. The lowest BCUT2D eigenvalue weighted by Gasteiger charge is -2.34. The van der Waals surface area contributed by atoms with Crippen molar-refractivity contribution in [3.63, 3.8) is 0 Å². The lowest BCUT2D eigenvalue weighted by atomic mass is 9.85. The van der Waals surface area contributed by atoms with Gasteiger partial charge in [-0.15, -0.1) is 5.10 Å². The second-order valence-corrected chi connectivity index (χ2v) is 6.20. The summed E-state index contributed by atoms with van der Waals surface area (Å²) in [6, 6.07) is 2.25. The van der Waals surface area contributed by atoms with Crippen molar-refractivity contribution in [2.24, 2.45) is 7.05 Å². The van der Waals surface area contributed by atoms with Crippen molar-refractivity contribution >= 4 is 11.7 Å². The van der Waals surface area contributed by atoms with Crippen LogP contribution in [0.25, 0.3) is 0 Å². The summed E-state index contributed by atoms with van der Waals surface area (Å²) in [6.07, 6.45) is 5.31. The third kappa shape index (κ3) is 2.69. The molecule has 8 nitrogen and oxygen atoms in total. The summed E-state index contributed by atoms with van der Waals surface area (Å²) in [6.45, 7) is 3.19. The van der Waals surface area contributed by atoms with Crippen LogP contribution in [-0.2, 0) is 7.05 Å². The first kappa shape index (κ1) is 14.2. The van der Waals surface area contributed by atoms with Crippen LogP contribution in [0.4, 0.5) is 11.7 Å². The van der Waals surface area contributed by atoms with Crippen molar-refractivity contribution in [3.05, 3.63) is 28.5 Å². The van der Waals surface area contributed by atoms with Crippen LogP contribution in [0.1, 0.15) is 31.1 Å². The zero-order valence-corrected chi connectivity index (χ0v) is 13.2. The van der Waals surface area contributed by atoms with Crippen LogP contribution in [0.15, 0.2) is 21.5 Å². The Morgan fingerprint density at radius 1 is 1.13 bits per heavy atom. The Morgan fingerprint density at radius 3 is 2.52 bits per heavy atom. The quantitative estimate of drug-likeness (QED) is 0.827. The number of aryl methyl sites for hydroxylation is 1. The fourth-order valence-corrected chi connectivity index (χ4v) is 2.96. The van der Waals surface area contributed by atoms with Crippen LogP contribution in [0.5, 0.6) is 0 Å². The van der Waals surface area contributed by atoms with E-state index in [9.17, 15) is 4.79 Å². The number of nitrogens with zero attached hydrogens (tertiary/aromatic N) is 6. The molecule has 0 atom stereocenters. The van der Waals surface area contributed by atoms with E-state index in [2.05, 4.69) is 25.1 Å². The second-order valence-electron chi connectivity index (χ2n) is 6.20. The van der Waals surface area contributed by atoms with Crippen LogP contribution in [0.3, 0.4) is 0 Å². The molecule has 0 unspecified atom stereocenters. The summed E-state index contributed by atoms with van der Waals surface area (Å²) in [7, 11) is 1.65. The predicted octanol–water partition coefficient (Wildman–Crippen LogP) is 0.757. The van der Waals surface area contributed by atoms with E-state index in [0.29, 0.717) is 11.9 Å². The summed E-state index contributed by atoms with van der Waals surface area (Å²) in [5.41, 5.74) is 0.778. The van der Waals surface area contributed by atoms with Gasteiger partial charge in [-0.3, -0.25) is 4.79 Å². The highest BCUT2D eigenvalue weighted by Gasteiger charge is 2.27. The van der Waals surface area contributed by atoms with Crippen LogP contribution < -0.4 is 15.4 Å². The number of hydrogen-bond donors (Lipinski definition) is 0. The number of piperazine rings is 1. The summed E-state index contributed by atoms with van der Waals surface area (Å²) in [5, 5.41) is 12.5. The molecule has 122 valence electrons. The third-order valence-electron chi connectivity index (χ3n) is 4.75. The van der Waals surface area contributed by atoms with Crippen molar-refractivity contribution in [1.82, 2.24) is 20.0 Å². The lowest BCUT2D eigenvalue weighted by Crippen LogP contribution is -2.47. The van der Waals surface area contributed by atoms with E-state index >= 15 is 0 Å². The zero-order chi connectivity index (χ0) is 15.8. The summed E-state index contributed by atoms with van der Waals surface area (Å²) >= 11 is 0. The Morgan fingerprint density at radius 2 is 1.87 bits per heavy atom. The van der Waals surface area contributed by atoms with E-state index in [-0.39, 0.29) is 5.56 Å². The normalized spacial score (nSPS) is 19.0. The predicted molar refractivity (Wildman–Crippen MR) is 84.8 cm³/mol. The number of rotatable bonds is 3. The maximum Gasteiger partial charge on any atom is 0.318 e. The Balaban J connectivity index is 1.41. The smallest absolute Gasteiger partial charge is 0.318 e. The highest BCUT2D eigenvalue weighted by molar-refractivity contribution is 5.45. The molecule has 0 bridgehead atoms. The molecule has 8 heteroatoms. The molecule has 0 spiro atoms. The standard InChI is InChI=1S/C15H20N6O2/c1-19-13(22)9-12(10-16-19)20-5-7-21(8-6-20)15-18-17-14(23-15)11-3-2-4-11/h9-11H,2-8H2,1H3. The molecule has 2 aromatic rings. The second kappa shape index (κ2) is 5.68. The van der Waals surface area contributed by atoms with Crippen LogP contribution in [-0.4, -0.2) is 46.2 Å². The minimum atomic E-state index is -0.0908. The molecule has 0 aromatic carbocycles. The largest absolute Gasteiger partial charge is 0.408 e. The van der Waals surface area contributed by atoms with Gasteiger partial charge in [0.15, 0.2) is 0 Å². The average Bonchev–Trinajstić information content (AvgIpc) is 2.98. The first-order chi connectivity index (χ1) is 11.2. The molecule has 23 heavy (non-hydrogen) atoms. The van der Waals surface area contributed by atoms with E-state index in [1.807, 2.05) is 0 Å². The molecule has 2 aromatic heterocycles. The molecule has 1 saturated carbocycles. The Bertz CT molecular complexity index is 742. The maximum atomic E-state index is 11.7. The number of anilines is 2. The van der Waals surface area contributed by atoms with Gasteiger partial charge in [0.25, 0.3) is 5.56 Å². The molecule has 2 fully saturated rings. The van der Waals surface area contributed by atoms with Gasteiger partial charge < -0.3 is 14.2 Å². The summed E-state index contributed by atoms with van der Waals surface area (Å²) in [5.74, 6) is 1.24. The molecule has 1 aliphatic heterocycles. The molecule has 2 aliphatic rings. The van der Waals surface area contributed by atoms with Gasteiger partial charge in [-0.2, -0.15) is 5.10 Å². The van der Waals surface area contributed by atoms with Gasteiger partial charge in [0.2, 0.25) is 5.89 Å². The fraction of sp³-hybridized carbons (Fsp3) is 0.600. The van der Waals surface area contributed by atoms with Crippen molar-refractivity contribution in [3.8, 4) is 0 Å². The van der Waals surface area contributed by atoms with Gasteiger partial charge in [-0.25, -0.2) is 4.68 Å². The first-order valence-corrected chi connectivity index (χ1v) is 8.07. The van der Waals surface area contributed by atoms with Crippen LogP contribution in [0.2, 0.25) is 0 Å². The third-order valence-corrected chi connectivity index (χ3v) is 4.75. The molecule has 1 aliphatic carbocycles. The Labute approximate surface area is 133 Å². The molecular weight excluding hydrogens is 296 g/mol. The topological polar surface area (TPSA) is 80.3 Å². The van der Waals surface area contributed by atoms with E-state index in [0.717, 1.165) is 50.6 Å². The number of hydrogen-bond acceptors (Lipinski definition) is 7. The summed E-state index contributed by atoms with van der Waals surface area (Å²) in [4.78, 5) is 16.0. The minimum absolute atomic E-state index is 0.0908. The van der Waals surface area contributed by atoms with Gasteiger partial charge in [-0.05, 0) is 12.8 Å². The van der Waals surface area contributed by atoms with Gasteiger partial charge in [0, 0.05) is 45.2 Å². The van der Waals surface area contributed by atoms with E-state index in [1.54, 1.807) is 19.3 Å². The van der Waals surface area contributed by atoms with Gasteiger partial charge >= 0.3 is 6.01 Å². The van der Waals surface area contributed by atoms with Crippen molar-refractivity contribution < 1.29 is 4.42 Å². The van der Waals surface area contributed by atoms with Crippen LogP contribution >= 0.6 is 0 Å². The van der Waals surface area contributed by atoms with E-state index in [4.69, 9.17) is 4.42 Å². The van der Waals surface area contributed by atoms with Gasteiger partial charge in [0.1, 0.15) is 0 Å². The van der Waals surface area contributed by atoms with E-state index in [1.165, 1.54) is 11.1 Å². The van der Waals surface area contributed by atoms with Crippen LogP contribution in [0, 0.1) is 0 Å². The minimum Gasteiger partial charge on any atom is -0.408 e. The molecule has 0 radical (unpaired) electrons. The molecule has 0 N–H and O–H groups in total. The summed E-state index contributed by atoms with van der Waals surface area (Å²) < 4.78 is 7.16. The van der Waals surface area contributed by atoms with Crippen molar-refractivity contribution in [1.29, 1.82) is 0 Å². The van der Waals surface area contributed by atoms with Gasteiger partial charge in [0.05, 0.1) is 11.9 Å². The van der Waals surface area contributed by atoms with Gasteiger partial charge in [-0.1, -0.05) is 11.5 Å². The van der Waals surface area contributed by atoms with Crippen molar-refractivity contribution in [2.75, 3.05) is 36.0 Å².